The van der Waals surface area contributed by atoms with Crippen LogP contribution in [0.15, 0.2) is 0 Å². The van der Waals surface area contributed by atoms with Crippen LogP contribution < -0.4 is 5.32 Å². The van der Waals surface area contributed by atoms with Crippen molar-refractivity contribution in [2.75, 3.05) is 26.7 Å². The molecule has 0 spiro atoms. The summed E-state index contributed by atoms with van der Waals surface area (Å²) in [4.78, 5) is 2.41. The van der Waals surface area contributed by atoms with Gasteiger partial charge in [0.15, 0.2) is 0 Å². The van der Waals surface area contributed by atoms with Crippen LogP contribution in [0.4, 0.5) is 0 Å². The molecule has 0 aromatic rings. The van der Waals surface area contributed by atoms with E-state index in [-0.39, 0.29) is 6.23 Å². The maximum Gasteiger partial charge on any atom is 0.123 e. The molecule has 0 aromatic carbocycles. The van der Waals surface area contributed by atoms with Crippen LogP contribution >= 0.6 is 0 Å². The van der Waals surface area contributed by atoms with Gasteiger partial charge in [-0.1, -0.05) is 6.92 Å². The van der Waals surface area contributed by atoms with Crippen molar-refractivity contribution in [1.82, 2.24) is 10.2 Å². The zero-order chi connectivity index (χ0) is 9.26. The number of ether oxygens (including phenoxy) is 1. The first-order valence-corrected chi connectivity index (χ1v) is 5.32. The van der Waals surface area contributed by atoms with E-state index in [0.29, 0.717) is 12.0 Å². The van der Waals surface area contributed by atoms with E-state index in [1.165, 1.54) is 19.4 Å². The van der Waals surface area contributed by atoms with Crippen LogP contribution in [-0.4, -0.2) is 43.9 Å². The molecule has 2 heterocycles. The minimum Gasteiger partial charge on any atom is -0.361 e. The monoisotopic (exact) mass is 184 g/mol. The quantitative estimate of drug-likeness (QED) is 0.648. The van der Waals surface area contributed by atoms with E-state index in [1.807, 2.05) is 0 Å². The van der Waals surface area contributed by atoms with Gasteiger partial charge >= 0.3 is 0 Å². The second-order valence-corrected chi connectivity index (χ2v) is 4.46. The van der Waals surface area contributed by atoms with Crippen molar-refractivity contribution >= 4 is 0 Å². The first kappa shape index (κ1) is 9.44. The molecule has 0 amide bonds. The summed E-state index contributed by atoms with van der Waals surface area (Å²) in [7, 11) is 2.20. The van der Waals surface area contributed by atoms with E-state index < -0.39 is 0 Å². The van der Waals surface area contributed by atoms with Gasteiger partial charge in [-0.2, -0.15) is 0 Å². The van der Waals surface area contributed by atoms with E-state index in [9.17, 15) is 0 Å². The topological polar surface area (TPSA) is 24.5 Å². The summed E-state index contributed by atoms with van der Waals surface area (Å²) in [6.07, 6.45) is 2.88. The zero-order valence-electron chi connectivity index (χ0n) is 8.62. The van der Waals surface area contributed by atoms with Crippen molar-refractivity contribution in [1.29, 1.82) is 0 Å². The molecule has 3 unspecified atom stereocenters. The lowest BCUT2D eigenvalue weighted by molar-refractivity contribution is -0.0595. The highest BCUT2D eigenvalue weighted by atomic mass is 16.5. The van der Waals surface area contributed by atoms with Gasteiger partial charge in [-0.3, -0.25) is 10.2 Å². The number of likely N-dealkylation sites (N-methyl/N-ethyl adjacent to an activating group) is 1. The predicted molar refractivity (Wildman–Crippen MR) is 52.6 cm³/mol. The second-order valence-electron chi connectivity index (χ2n) is 4.46. The Morgan fingerprint density at radius 1 is 1.46 bits per heavy atom. The fraction of sp³-hybridized carbons (Fsp3) is 1.00. The summed E-state index contributed by atoms with van der Waals surface area (Å²) in [6.45, 7) is 5.47. The zero-order valence-corrected chi connectivity index (χ0v) is 8.62. The molecule has 2 fully saturated rings. The summed E-state index contributed by atoms with van der Waals surface area (Å²) < 4.78 is 5.79. The van der Waals surface area contributed by atoms with Crippen molar-refractivity contribution in [2.45, 2.75) is 32.0 Å². The minimum atomic E-state index is 0.281. The molecule has 2 aliphatic rings. The number of likely N-dealkylation sites (tertiary alicyclic amines) is 1. The van der Waals surface area contributed by atoms with E-state index in [0.717, 1.165) is 13.2 Å². The molecule has 0 radical (unpaired) electrons. The molecule has 2 saturated heterocycles. The van der Waals surface area contributed by atoms with Gasteiger partial charge in [0.25, 0.3) is 0 Å². The van der Waals surface area contributed by atoms with Crippen molar-refractivity contribution in [3.05, 3.63) is 0 Å². The molecule has 0 aromatic heterocycles. The molecule has 3 heteroatoms. The molecule has 3 atom stereocenters. The Kier molecular flexibility index (Phi) is 2.86. The van der Waals surface area contributed by atoms with Gasteiger partial charge in [-0.15, -0.1) is 0 Å². The third-order valence-corrected chi connectivity index (χ3v) is 3.15. The number of hydrogen-bond donors (Lipinski definition) is 1. The Balaban J connectivity index is 1.86. The van der Waals surface area contributed by atoms with Crippen LogP contribution in [0.3, 0.4) is 0 Å². The Bertz CT molecular complexity index is 166. The van der Waals surface area contributed by atoms with Crippen LogP contribution in [0.25, 0.3) is 0 Å². The molecular formula is C10H20N2O. The van der Waals surface area contributed by atoms with Gasteiger partial charge < -0.3 is 4.74 Å². The molecule has 0 bridgehead atoms. The summed E-state index contributed by atoms with van der Waals surface area (Å²) in [6, 6.07) is 0.604. The van der Waals surface area contributed by atoms with Crippen LogP contribution in [0.1, 0.15) is 19.8 Å². The molecule has 13 heavy (non-hydrogen) atoms. The lowest BCUT2D eigenvalue weighted by atomic mass is 10.1. The molecular weight excluding hydrogens is 164 g/mol. The standard InChI is InChI=1S/C10H20N2O/c1-8-6-11-10(13-7-8)9-4-3-5-12(9)2/h8-11H,3-7H2,1-2H3. The first-order valence-electron chi connectivity index (χ1n) is 5.32. The SMILES string of the molecule is CC1CNC(C2CCCN2C)OC1. The van der Waals surface area contributed by atoms with Crippen molar-refractivity contribution < 1.29 is 4.74 Å². The van der Waals surface area contributed by atoms with Gasteiger partial charge in [0.1, 0.15) is 6.23 Å². The fourth-order valence-electron chi connectivity index (χ4n) is 2.27. The Hall–Kier alpha value is -0.120. The first-order chi connectivity index (χ1) is 6.27. The molecule has 0 saturated carbocycles. The van der Waals surface area contributed by atoms with Crippen LogP contribution in [-0.2, 0) is 4.74 Å². The molecule has 2 rings (SSSR count). The predicted octanol–water partition coefficient (Wildman–Crippen LogP) is 0.663. The van der Waals surface area contributed by atoms with Gasteiger partial charge in [0.05, 0.1) is 6.61 Å². The lowest BCUT2D eigenvalue weighted by Crippen LogP contribution is -2.52. The molecule has 2 aliphatic heterocycles. The van der Waals surface area contributed by atoms with Crippen LogP contribution in [0, 0.1) is 5.92 Å². The summed E-state index contributed by atoms with van der Waals surface area (Å²) in [5, 5.41) is 3.48. The van der Waals surface area contributed by atoms with E-state index in [1.54, 1.807) is 0 Å². The molecule has 0 aliphatic carbocycles. The van der Waals surface area contributed by atoms with Crippen molar-refractivity contribution in [3.8, 4) is 0 Å². The van der Waals surface area contributed by atoms with Crippen LogP contribution in [0.2, 0.25) is 0 Å². The molecule has 3 nitrogen and oxygen atoms in total. The van der Waals surface area contributed by atoms with E-state index in [2.05, 4.69) is 24.2 Å². The average molecular weight is 184 g/mol. The maximum absolute atomic E-state index is 5.79. The third kappa shape index (κ3) is 2.03. The number of nitrogens with one attached hydrogen (secondary N) is 1. The molecule has 76 valence electrons. The highest BCUT2D eigenvalue weighted by Crippen LogP contribution is 2.20. The highest BCUT2D eigenvalue weighted by Gasteiger charge is 2.31. The second kappa shape index (κ2) is 3.95. The van der Waals surface area contributed by atoms with E-state index >= 15 is 0 Å². The third-order valence-electron chi connectivity index (χ3n) is 3.15. The lowest BCUT2D eigenvalue weighted by Gasteiger charge is -2.35. The number of nitrogens with zero attached hydrogens (tertiary/aromatic N) is 1. The number of hydrogen-bond acceptors (Lipinski definition) is 3. The average Bonchev–Trinajstić information content (AvgIpc) is 2.53. The van der Waals surface area contributed by atoms with Gasteiger partial charge in [0.2, 0.25) is 0 Å². The van der Waals surface area contributed by atoms with Gasteiger partial charge in [-0.05, 0) is 32.4 Å². The Morgan fingerprint density at radius 2 is 2.31 bits per heavy atom. The van der Waals surface area contributed by atoms with E-state index in [4.69, 9.17) is 4.74 Å². The highest BCUT2D eigenvalue weighted by molar-refractivity contribution is 4.84. The fourth-order valence-corrected chi connectivity index (χ4v) is 2.27. The number of rotatable bonds is 1. The minimum absolute atomic E-state index is 0.281. The summed E-state index contributed by atoms with van der Waals surface area (Å²) >= 11 is 0. The molecule has 1 N–H and O–H groups in total. The summed E-state index contributed by atoms with van der Waals surface area (Å²) in [5.74, 6) is 0.669. The van der Waals surface area contributed by atoms with Crippen LogP contribution in [0.5, 0.6) is 0 Å². The van der Waals surface area contributed by atoms with Crippen molar-refractivity contribution in [2.24, 2.45) is 5.92 Å². The Morgan fingerprint density at radius 3 is 2.85 bits per heavy atom. The Labute approximate surface area is 80.4 Å². The maximum atomic E-state index is 5.79. The van der Waals surface area contributed by atoms with Gasteiger partial charge in [0, 0.05) is 12.6 Å². The normalized spacial score (nSPS) is 42.5. The summed E-state index contributed by atoms with van der Waals surface area (Å²) in [5.41, 5.74) is 0. The largest absolute Gasteiger partial charge is 0.361 e. The smallest absolute Gasteiger partial charge is 0.123 e. The van der Waals surface area contributed by atoms with Gasteiger partial charge in [-0.25, -0.2) is 0 Å². The van der Waals surface area contributed by atoms with Crippen molar-refractivity contribution in [3.63, 3.8) is 0 Å².